The van der Waals surface area contributed by atoms with Crippen LogP contribution in [0.4, 0.5) is 5.69 Å². The van der Waals surface area contributed by atoms with E-state index in [-0.39, 0.29) is 35.3 Å². The van der Waals surface area contributed by atoms with E-state index < -0.39 is 10.0 Å². The molecular weight excluding hydrogens is 462 g/mol. The summed E-state index contributed by atoms with van der Waals surface area (Å²) in [5, 5.41) is 1.02. The second-order valence-corrected chi connectivity index (χ2v) is 9.85. The van der Waals surface area contributed by atoms with E-state index in [0.29, 0.717) is 41.1 Å². The number of sulfonamides is 1. The van der Waals surface area contributed by atoms with Crippen molar-refractivity contribution in [2.24, 2.45) is 11.7 Å². The molecule has 0 saturated heterocycles. The van der Waals surface area contributed by atoms with Gasteiger partial charge in [0, 0.05) is 24.2 Å². The fraction of sp³-hybridized carbons (Fsp3) is 0.375. The second-order valence-electron chi connectivity index (χ2n) is 8.17. The lowest BCUT2D eigenvalue weighted by Crippen LogP contribution is -2.28. The molecule has 33 heavy (non-hydrogen) atoms. The lowest BCUT2D eigenvalue weighted by atomic mass is 10.1. The molecule has 0 saturated carbocycles. The molecule has 0 bridgehead atoms. The summed E-state index contributed by atoms with van der Waals surface area (Å²) >= 11 is 0. The van der Waals surface area contributed by atoms with Crippen molar-refractivity contribution in [2.75, 3.05) is 11.3 Å². The van der Waals surface area contributed by atoms with Gasteiger partial charge in [-0.1, -0.05) is 45.4 Å². The summed E-state index contributed by atoms with van der Waals surface area (Å²) in [6, 6.07) is 13.0. The van der Waals surface area contributed by atoms with E-state index >= 15 is 0 Å². The Labute approximate surface area is 201 Å². The summed E-state index contributed by atoms with van der Waals surface area (Å²) < 4.78 is 35.9. The van der Waals surface area contributed by atoms with Crippen LogP contribution in [0, 0.1) is 5.92 Å². The quantitative estimate of drug-likeness (QED) is 0.404. The topological polar surface area (TPSA) is 103 Å². The number of hydrogen-bond donors (Lipinski definition) is 2. The Morgan fingerprint density at radius 2 is 1.79 bits per heavy atom. The van der Waals surface area contributed by atoms with Crippen molar-refractivity contribution in [2.45, 2.75) is 51.6 Å². The van der Waals surface area contributed by atoms with Gasteiger partial charge < -0.3 is 15.0 Å². The van der Waals surface area contributed by atoms with Crippen molar-refractivity contribution < 1.29 is 13.2 Å². The van der Waals surface area contributed by atoms with Crippen LogP contribution < -0.4 is 20.8 Å². The minimum absolute atomic E-state index is 0. The van der Waals surface area contributed by atoms with Crippen LogP contribution in [-0.4, -0.2) is 19.6 Å². The van der Waals surface area contributed by atoms with E-state index in [1.54, 1.807) is 41.0 Å². The average molecular weight is 494 g/mol. The molecule has 0 aliphatic carbocycles. The highest BCUT2D eigenvalue weighted by Crippen LogP contribution is 2.31. The summed E-state index contributed by atoms with van der Waals surface area (Å²) in [5.74, 6) is 0.785. The SMILES string of the molecule is CCCCOc1c(CN)n(CC(C)C)c(=O)c2ccc(NS(=O)(=O)c3ccccc3)cc12.Cl. The molecule has 3 aromatic rings. The number of pyridine rings is 1. The van der Waals surface area contributed by atoms with E-state index in [1.165, 1.54) is 12.1 Å². The number of fused-ring (bicyclic) bond motifs is 1. The Bertz CT molecular complexity index is 1240. The minimum Gasteiger partial charge on any atom is -0.491 e. The Morgan fingerprint density at radius 3 is 2.39 bits per heavy atom. The van der Waals surface area contributed by atoms with Crippen LogP contribution in [0.15, 0.2) is 58.2 Å². The van der Waals surface area contributed by atoms with Crippen molar-refractivity contribution in [3.05, 3.63) is 64.6 Å². The number of ether oxygens (including phenoxy) is 1. The molecule has 0 aliphatic heterocycles. The Hall–Kier alpha value is -2.55. The molecule has 1 heterocycles. The van der Waals surface area contributed by atoms with Gasteiger partial charge >= 0.3 is 0 Å². The number of unbranched alkanes of at least 4 members (excludes halogenated alkanes) is 1. The number of nitrogens with zero attached hydrogens (tertiary/aromatic N) is 1. The molecule has 3 rings (SSSR count). The largest absolute Gasteiger partial charge is 0.491 e. The number of anilines is 1. The second kappa shape index (κ2) is 11.5. The van der Waals surface area contributed by atoms with Crippen molar-refractivity contribution >= 4 is 38.9 Å². The van der Waals surface area contributed by atoms with E-state index in [0.717, 1.165) is 12.8 Å². The van der Waals surface area contributed by atoms with Crippen LogP contribution in [0.3, 0.4) is 0 Å². The number of nitrogens with two attached hydrogens (primary N) is 1. The molecule has 3 N–H and O–H groups in total. The van der Waals surface area contributed by atoms with Gasteiger partial charge in [-0.05, 0) is 42.7 Å². The standard InChI is InChI=1S/C24H31N3O4S.ClH/c1-4-5-13-31-23-21-14-18(26-32(29,30)19-9-7-6-8-10-19)11-12-20(21)24(28)27(16-17(2)3)22(23)15-25;/h6-12,14,17,26H,4-5,13,15-16,25H2,1-3H3;1H. The van der Waals surface area contributed by atoms with Crippen molar-refractivity contribution in [1.29, 1.82) is 0 Å². The lowest BCUT2D eigenvalue weighted by Gasteiger charge is -2.21. The van der Waals surface area contributed by atoms with Gasteiger partial charge in [-0.25, -0.2) is 8.42 Å². The molecule has 0 unspecified atom stereocenters. The molecule has 0 atom stereocenters. The maximum absolute atomic E-state index is 13.3. The molecule has 2 aromatic carbocycles. The first kappa shape index (κ1) is 26.7. The van der Waals surface area contributed by atoms with Gasteiger partial charge in [0.25, 0.3) is 15.6 Å². The maximum Gasteiger partial charge on any atom is 0.261 e. The highest BCUT2D eigenvalue weighted by molar-refractivity contribution is 7.92. The van der Waals surface area contributed by atoms with Crippen LogP contribution in [-0.2, 0) is 23.1 Å². The number of benzene rings is 2. The van der Waals surface area contributed by atoms with Gasteiger partial charge in [0.2, 0.25) is 0 Å². The van der Waals surface area contributed by atoms with Gasteiger partial charge in [0.05, 0.1) is 22.6 Å². The van der Waals surface area contributed by atoms with E-state index in [9.17, 15) is 13.2 Å². The number of aromatic nitrogens is 1. The smallest absolute Gasteiger partial charge is 0.261 e. The predicted octanol–water partition coefficient (Wildman–Crippen LogP) is 4.52. The average Bonchev–Trinajstić information content (AvgIpc) is 2.77. The van der Waals surface area contributed by atoms with Crippen LogP contribution in [0.5, 0.6) is 5.75 Å². The predicted molar refractivity (Wildman–Crippen MR) is 136 cm³/mol. The fourth-order valence-corrected chi connectivity index (χ4v) is 4.65. The number of rotatable bonds is 10. The van der Waals surface area contributed by atoms with Gasteiger partial charge in [-0.3, -0.25) is 9.52 Å². The van der Waals surface area contributed by atoms with Crippen molar-refractivity contribution in [3.63, 3.8) is 0 Å². The van der Waals surface area contributed by atoms with E-state index in [2.05, 4.69) is 11.6 Å². The summed E-state index contributed by atoms with van der Waals surface area (Å²) in [6.07, 6.45) is 1.82. The van der Waals surface area contributed by atoms with Crippen molar-refractivity contribution in [3.8, 4) is 5.75 Å². The molecule has 7 nitrogen and oxygen atoms in total. The van der Waals surface area contributed by atoms with E-state index in [4.69, 9.17) is 10.5 Å². The first-order valence-corrected chi connectivity index (χ1v) is 12.4. The first-order chi connectivity index (χ1) is 15.3. The van der Waals surface area contributed by atoms with Crippen molar-refractivity contribution in [1.82, 2.24) is 4.57 Å². The van der Waals surface area contributed by atoms with Crippen LogP contribution in [0.2, 0.25) is 0 Å². The molecular formula is C24H32ClN3O4S. The summed E-state index contributed by atoms with van der Waals surface area (Å²) in [4.78, 5) is 13.4. The van der Waals surface area contributed by atoms with Gasteiger partial charge in [0.1, 0.15) is 5.75 Å². The molecule has 180 valence electrons. The molecule has 0 radical (unpaired) electrons. The normalized spacial score (nSPS) is 11.4. The van der Waals surface area contributed by atoms with Gasteiger partial charge in [-0.15, -0.1) is 12.4 Å². The van der Waals surface area contributed by atoms with E-state index in [1.807, 2.05) is 13.8 Å². The zero-order chi connectivity index (χ0) is 23.3. The summed E-state index contributed by atoms with van der Waals surface area (Å²) in [5.41, 5.74) is 6.87. The van der Waals surface area contributed by atoms with Gasteiger partial charge in [-0.2, -0.15) is 0 Å². The van der Waals surface area contributed by atoms with Gasteiger partial charge in [0.15, 0.2) is 0 Å². The number of hydrogen-bond acceptors (Lipinski definition) is 5. The Kier molecular flexibility index (Phi) is 9.34. The van der Waals surface area contributed by atoms with Crippen LogP contribution in [0.25, 0.3) is 10.8 Å². The first-order valence-electron chi connectivity index (χ1n) is 10.9. The fourth-order valence-electron chi connectivity index (χ4n) is 3.58. The van der Waals surface area contributed by atoms with Crippen LogP contribution >= 0.6 is 12.4 Å². The number of halogens is 1. The lowest BCUT2D eigenvalue weighted by molar-refractivity contribution is 0.304. The molecule has 9 heteroatoms. The third kappa shape index (κ3) is 6.07. The van der Waals surface area contributed by atoms with Crippen LogP contribution in [0.1, 0.15) is 39.3 Å². The molecule has 0 fully saturated rings. The Balaban J connectivity index is 0.00000385. The molecule has 1 aromatic heterocycles. The third-order valence-electron chi connectivity index (χ3n) is 5.12. The Morgan fingerprint density at radius 1 is 1.09 bits per heavy atom. The third-order valence-corrected chi connectivity index (χ3v) is 6.52. The molecule has 0 spiro atoms. The maximum atomic E-state index is 13.3. The molecule has 0 amide bonds. The monoisotopic (exact) mass is 493 g/mol. The zero-order valence-electron chi connectivity index (χ0n) is 19.2. The minimum atomic E-state index is -3.76. The summed E-state index contributed by atoms with van der Waals surface area (Å²) in [7, 11) is -3.76. The molecule has 0 aliphatic rings. The highest BCUT2D eigenvalue weighted by atomic mass is 35.5. The number of nitrogens with one attached hydrogen (secondary N) is 1. The highest BCUT2D eigenvalue weighted by Gasteiger charge is 2.20. The summed E-state index contributed by atoms with van der Waals surface area (Å²) in [6.45, 7) is 7.29. The zero-order valence-corrected chi connectivity index (χ0v) is 20.8.